The smallest absolute Gasteiger partial charge is 0.306 e. The quantitative estimate of drug-likeness (QED) is 0.616. The average molecular weight is 156 g/mol. The summed E-state index contributed by atoms with van der Waals surface area (Å²) in [5.41, 5.74) is 0. The molecule has 2 bridgehead atoms. The molecule has 2 fully saturated rings. The van der Waals surface area contributed by atoms with E-state index in [1.807, 2.05) is 0 Å². The van der Waals surface area contributed by atoms with Gasteiger partial charge in [-0.25, -0.2) is 0 Å². The van der Waals surface area contributed by atoms with Crippen LogP contribution < -0.4 is 0 Å². The minimum Gasteiger partial charge on any atom is -0.481 e. The van der Waals surface area contributed by atoms with E-state index in [4.69, 9.17) is 9.84 Å². The molecule has 2 atom stereocenters. The second-order valence-corrected chi connectivity index (χ2v) is 3.46. The normalized spacial score (nSPS) is 42.4. The Morgan fingerprint density at radius 1 is 1.27 bits per heavy atom. The molecule has 2 aliphatic heterocycles. The lowest BCUT2D eigenvalue weighted by atomic mass is 9.96. The van der Waals surface area contributed by atoms with Gasteiger partial charge in [-0.1, -0.05) is 0 Å². The summed E-state index contributed by atoms with van der Waals surface area (Å²) in [4.78, 5) is 10.6. The zero-order chi connectivity index (χ0) is 7.84. The lowest BCUT2D eigenvalue weighted by molar-refractivity contribution is -0.147. The molecule has 2 aliphatic rings. The molecular weight excluding hydrogens is 144 g/mol. The van der Waals surface area contributed by atoms with Crippen molar-refractivity contribution in [1.82, 2.24) is 0 Å². The molecule has 3 heteroatoms. The fourth-order valence-corrected chi connectivity index (χ4v) is 2.06. The molecule has 3 nitrogen and oxygen atoms in total. The van der Waals surface area contributed by atoms with E-state index in [0.29, 0.717) is 0 Å². The maximum absolute atomic E-state index is 10.6. The van der Waals surface area contributed by atoms with Crippen molar-refractivity contribution < 1.29 is 14.6 Å². The van der Waals surface area contributed by atoms with Gasteiger partial charge in [0.1, 0.15) is 0 Å². The predicted octanol–water partition coefficient (Wildman–Crippen LogP) is 1.03. The Kier molecular flexibility index (Phi) is 1.60. The minimum atomic E-state index is -0.648. The van der Waals surface area contributed by atoms with E-state index >= 15 is 0 Å². The van der Waals surface area contributed by atoms with Crippen LogP contribution >= 0.6 is 0 Å². The van der Waals surface area contributed by atoms with Crippen LogP contribution in [0, 0.1) is 5.92 Å². The van der Waals surface area contributed by atoms with Gasteiger partial charge < -0.3 is 9.84 Å². The molecule has 11 heavy (non-hydrogen) atoms. The zero-order valence-corrected chi connectivity index (χ0v) is 6.32. The molecule has 2 saturated heterocycles. The van der Waals surface area contributed by atoms with Crippen molar-refractivity contribution in [2.75, 3.05) is 0 Å². The van der Waals surface area contributed by atoms with E-state index in [1.165, 1.54) is 0 Å². The Labute approximate surface area is 65.4 Å². The van der Waals surface area contributed by atoms with Gasteiger partial charge >= 0.3 is 5.97 Å². The van der Waals surface area contributed by atoms with Crippen molar-refractivity contribution >= 4 is 5.97 Å². The number of aliphatic carboxylic acids is 1. The summed E-state index contributed by atoms with van der Waals surface area (Å²) in [6.07, 6.45) is 4.07. The Morgan fingerprint density at radius 3 is 2.27 bits per heavy atom. The molecule has 0 radical (unpaired) electrons. The van der Waals surface area contributed by atoms with Crippen molar-refractivity contribution in [3.05, 3.63) is 0 Å². The summed E-state index contributed by atoms with van der Waals surface area (Å²) in [6, 6.07) is 0. The number of fused-ring (bicyclic) bond motifs is 2. The first kappa shape index (κ1) is 7.10. The van der Waals surface area contributed by atoms with E-state index < -0.39 is 5.97 Å². The lowest BCUT2D eigenvalue weighted by Gasteiger charge is -2.25. The molecule has 0 aromatic carbocycles. The van der Waals surface area contributed by atoms with Crippen LogP contribution in [-0.4, -0.2) is 23.3 Å². The summed E-state index contributed by atoms with van der Waals surface area (Å²) in [6.45, 7) is 0. The molecule has 0 amide bonds. The molecule has 2 heterocycles. The van der Waals surface area contributed by atoms with Crippen LogP contribution in [0.1, 0.15) is 25.7 Å². The zero-order valence-electron chi connectivity index (χ0n) is 6.32. The summed E-state index contributed by atoms with van der Waals surface area (Å²) < 4.78 is 5.51. The van der Waals surface area contributed by atoms with E-state index in [2.05, 4.69) is 0 Å². The van der Waals surface area contributed by atoms with Gasteiger partial charge in [0.05, 0.1) is 18.1 Å². The van der Waals surface area contributed by atoms with Gasteiger partial charge in [-0.15, -0.1) is 0 Å². The third-order valence-corrected chi connectivity index (χ3v) is 2.64. The standard InChI is InChI=1S/C8H12O3/c9-8(10)5-3-6-1-2-7(4-5)11-6/h5-7H,1-4H2,(H,9,10). The van der Waals surface area contributed by atoms with Crippen molar-refractivity contribution in [2.24, 2.45) is 5.92 Å². The third-order valence-electron chi connectivity index (χ3n) is 2.64. The monoisotopic (exact) mass is 156 g/mol. The van der Waals surface area contributed by atoms with Crippen molar-refractivity contribution in [3.63, 3.8) is 0 Å². The summed E-state index contributed by atoms with van der Waals surface area (Å²) >= 11 is 0. The highest BCUT2D eigenvalue weighted by molar-refractivity contribution is 5.70. The number of carboxylic acids is 1. The highest BCUT2D eigenvalue weighted by Crippen LogP contribution is 2.35. The number of hydrogen-bond acceptors (Lipinski definition) is 2. The Balaban J connectivity index is 2.02. The fraction of sp³-hybridized carbons (Fsp3) is 0.875. The first-order valence-corrected chi connectivity index (χ1v) is 4.14. The molecule has 1 N–H and O–H groups in total. The second kappa shape index (κ2) is 2.48. The topological polar surface area (TPSA) is 46.5 Å². The number of rotatable bonds is 1. The van der Waals surface area contributed by atoms with Crippen molar-refractivity contribution in [2.45, 2.75) is 37.9 Å². The molecule has 0 spiro atoms. The number of carboxylic acid groups (broad SMARTS) is 1. The fourth-order valence-electron chi connectivity index (χ4n) is 2.06. The van der Waals surface area contributed by atoms with Gasteiger partial charge in [0.15, 0.2) is 0 Å². The van der Waals surface area contributed by atoms with Gasteiger partial charge in [0.25, 0.3) is 0 Å². The average Bonchev–Trinajstić information content (AvgIpc) is 2.30. The van der Waals surface area contributed by atoms with Crippen LogP contribution in [0.3, 0.4) is 0 Å². The predicted molar refractivity (Wildman–Crippen MR) is 38.3 cm³/mol. The van der Waals surface area contributed by atoms with E-state index in [0.717, 1.165) is 25.7 Å². The van der Waals surface area contributed by atoms with Gasteiger partial charge in [0.2, 0.25) is 0 Å². The van der Waals surface area contributed by atoms with Crippen LogP contribution in [0.2, 0.25) is 0 Å². The molecule has 0 aromatic rings. The summed E-state index contributed by atoms with van der Waals surface area (Å²) in [5, 5.41) is 8.75. The van der Waals surface area contributed by atoms with Crippen molar-refractivity contribution in [1.29, 1.82) is 0 Å². The maximum atomic E-state index is 10.6. The first-order valence-electron chi connectivity index (χ1n) is 4.14. The maximum Gasteiger partial charge on any atom is 0.306 e. The highest BCUT2D eigenvalue weighted by atomic mass is 16.5. The van der Waals surface area contributed by atoms with Crippen molar-refractivity contribution in [3.8, 4) is 0 Å². The molecular formula is C8H12O3. The summed E-state index contributed by atoms with van der Waals surface area (Å²) in [7, 11) is 0. The van der Waals surface area contributed by atoms with Crippen LogP contribution in [0.4, 0.5) is 0 Å². The van der Waals surface area contributed by atoms with Gasteiger partial charge in [-0.3, -0.25) is 4.79 Å². The number of carbonyl (C=O) groups is 1. The van der Waals surface area contributed by atoms with E-state index in [-0.39, 0.29) is 18.1 Å². The number of hydrogen-bond donors (Lipinski definition) is 1. The van der Waals surface area contributed by atoms with Crippen LogP contribution in [0.25, 0.3) is 0 Å². The molecule has 0 aliphatic carbocycles. The molecule has 62 valence electrons. The van der Waals surface area contributed by atoms with Crippen LogP contribution in [-0.2, 0) is 9.53 Å². The number of ether oxygens (including phenoxy) is 1. The third kappa shape index (κ3) is 1.25. The highest BCUT2D eigenvalue weighted by Gasteiger charge is 2.37. The Hall–Kier alpha value is -0.570. The SMILES string of the molecule is O=C(O)C1CC2CCC(C1)O2. The Bertz CT molecular complexity index is 166. The second-order valence-electron chi connectivity index (χ2n) is 3.46. The Morgan fingerprint density at radius 2 is 1.82 bits per heavy atom. The van der Waals surface area contributed by atoms with Gasteiger partial charge in [-0.2, -0.15) is 0 Å². The molecule has 0 aromatic heterocycles. The lowest BCUT2D eigenvalue weighted by Crippen LogP contribution is -2.29. The minimum absolute atomic E-state index is 0.138. The van der Waals surface area contributed by atoms with Crippen LogP contribution in [0.5, 0.6) is 0 Å². The van der Waals surface area contributed by atoms with E-state index in [9.17, 15) is 4.79 Å². The molecule has 2 rings (SSSR count). The summed E-state index contributed by atoms with van der Waals surface area (Å²) in [5.74, 6) is -0.786. The molecule has 0 saturated carbocycles. The molecule has 2 unspecified atom stereocenters. The van der Waals surface area contributed by atoms with Crippen LogP contribution in [0.15, 0.2) is 0 Å². The van der Waals surface area contributed by atoms with Gasteiger partial charge in [-0.05, 0) is 25.7 Å². The largest absolute Gasteiger partial charge is 0.481 e. The van der Waals surface area contributed by atoms with E-state index in [1.54, 1.807) is 0 Å². The van der Waals surface area contributed by atoms with Gasteiger partial charge in [0, 0.05) is 0 Å². The first-order chi connectivity index (χ1) is 5.25.